The van der Waals surface area contributed by atoms with Crippen LogP contribution in [0.4, 0.5) is 22.0 Å². The zero-order chi connectivity index (χ0) is 13.3. The summed E-state index contributed by atoms with van der Waals surface area (Å²) in [4.78, 5) is 0. The van der Waals surface area contributed by atoms with Crippen LogP contribution in [0.15, 0.2) is 18.2 Å². The summed E-state index contributed by atoms with van der Waals surface area (Å²) in [6.07, 6.45) is -4.36. The number of alkyl halides is 3. The number of benzene rings is 1. The Morgan fingerprint density at radius 3 is 2.44 bits per heavy atom. The first-order chi connectivity index (χ1) is 8.38. The Balaban J connectivity index is 2.15. The standard InChI is InChI=1S/C12H12F5N/c13-9-2-1-7(5-10(9)14)11-6-8(3-4-18-11)12(15,16)17/h1-2,5,8,11,18H,3-4,6H2/t8-,11+/m1/s1. The number of hydrogen-bond acceptors (Lipinski definition) is 1. The summed E-state index contributed by atoms with van der Waals surface area (Å²) in [5.41, 5.74) is 0.350. The lowest BCUT2D eigenvalue weighted by molar-refractivity contribution is -0.183. The van der Waals surface area contributed by atoms with Crippen molar-refractivity contribution < 1.29 is 22.0 Å². The molecule has 1 saturated heterocycles. The number of hydrogen-bond donors (Lipinski definition) is 1. The molecule has 1 fully saturated rings. The van der Waals surface area contributed by atoms with Gasteiger partial charge >= 0.3 is 6.18 Å². The fraction of sp³-hybridized carbons (Fsp3) is 0.500. The molecule has 0 unspecified atom stereocenters. The summed E-state index contributed by atoms with van der Waals surface area (Å²) in [5, 5.41) is 2.90. The molecule has 1 aliphatic heterocycles. The molecule has 1 heterocycles. The summed E-state index contributed by atoms with van der Waals surface area (Å²) in [6.45, 7) is 0.216. The number of nitrogens with one attached hydrogen (secondary N) is 1. The first-order valence-electron chi connectivity index (χ1n) is 5.63. The second kappa shape index (κ2) is 4.84. The predicted octanol–water partition coefficient (Wildman–Crippen LogP) is 3.57. The van der Waals surface area contributed by atoms with Crippen molar-refractivity contribution in [1.82, 2.24) is 5.32 Å². The summed E-state index contributed by atoms with van der Waals surface area (Å²) in [7, 11) is 0. The van der Waals surface area contributed by atoms with Crippen molar-refractivity contribution in [2.75, 3.05) is 6.54 Å². The van der Waals surface area contributed by atoms with E-state index in [4.69, 9.17) is 0 Å². The average molecular weight is 265 g/mol. The van der Waals surface area contributed by atoms with Gasteiger partial charge in [0.1, 0.15) is 0 Å². The van der Waals surface area contributed by atoms with Gasteiger partial charge in [-0.15, -0.1) is 0 Å². The first kappa shape index (κ1) is 13.3. The highest BCUT2D eigenvalue weighted by Gasteiger charge is 2.42. The third kappa shape index (κ3) is 2.80. The van der Waals surface area contributed by atoms with Gasteiger partial charge in [-0.3, -0.25) is 0 Å². The maximum Gasteiger partial charge on any atom is 0.391 e. The van der Waals surface area contributed by atoms with Crippen LogP contribution in [0.2, 0.25) is 0 Å². The molecule has 1 aliphatic rings. The van der Waals surface area contributed by atoms with Crippen molar-refractivity contribution >= 4 is 0 Å². The maximum atomic E-state index is 13.0. The van der Waals surface area contributed by atoms with E-state index in [2.05, 4.69) is 5.32 Å². The summed E-state index contributed by atoms with van der Waals surface area (Å²) in [5.74, 6) is -3.43. The van der Waals surface area contributed by atoms with Gasteiger partial charge < -0.3 is 5.32 Å². The molecule has 6 heteroatoms. The van der Waals surface area contributed by atoms with Crippen LogP contribution in [0.3, 0.4) is 0 Å². The summed E-state index contributed by atoms with van der Waals surface area (Å²) in [6, 6.07) is 2.62. The Bertz CT molecular complexity index is 429. The third-order valence-electron chi connectivity index (χ3n) is 3.21. The second-order valence-corrected chi connectivity index (χ2v) is 4.44. The SMILES string of the molecule is Fc1ccc([C@@H]2C[C@H](C(F)(F)F)CCN2)cc1F. The van der Waals surface area contributed by atoms with E-state index in [0.29, 0.717) is 5.56 Å². The quantitative estimate of drug-likeness (QED) is 0.765. The average Bonchev–Trinajstić information content (AvgIpc) is 2.32. The Kier molecular flexibility index (Phi) is 3.56. The summed E-state index contributed by atoms with van der Waals surface area (Å²) < 4.78 is 63.6. The van der Waals surface area contributed by atoms with Crippen LogP contribution in [0.5, 0.6) is 0 Å². The molecule has 2 rings (SSSR count). The Morgan fingerprint density at radius 1 is 1.11 bits per heavy atom. The van der Waals surface area contributed by atoms with E-state index in [1.807, 2.05) is 0 Å². The Morgan fingerprint density at radius 2 is 1.83 bits per heavy atom. The van der Waals surface area contributed by atoms with E-state index in [9.17, 15) is 22.0 Å². The van der Waals surface area contributed by atoms with Gasteiger partial charge in [-0.2, -0.15) is 13.2 Å². The van der Waals surface area contributed by atoms with Crippen LogP contribution in [-0.4, -0.2) is 12.7 Å². The molecule has 1 aromatic carbocycles. The van der Waals surface area contributed by atoms with Crippen molar-refractivity contribution in [1.29, 1.82) is 0 Å². The molecular formula is C12H12F5N. The zero-order valence-corrected chi connectivity index (χ0v) is 9.40. The van der Waals surface area contributed by atoms with Crippen LogP contribution in [-0.2, 0) is 0 Å². The fourth-order valence-corrected chi connectivity index (χ4v) is 2.20. The highest BCUT2D eigenvalue weighted by atomic mass is 19.4. The minimum absolute atomic E-state index is 0.0175. The van der Waals surface area contributed by atoms with Crippen molar-refractivity contribution in [3.8, 4) is 0 Å². The lowest BCUT2D eigenvalue weighted by Crippen LogP contribution is -2.38. The highest BCUT2D eigenvalue weighted by molar-refractivity contribution is 5.22. The monoisotopic (exact) mass is 265 g/mol. The lowest BCUT2D eigenvalue weighted by atomic mass is 9.88. The molecule has 0 saturated carbocycles. The van der Waals surface area contributed by atoms with Crippen molar-refractivity contribution in [2.24, 2.45) is 5.92 Å². The van der Waals surface area contributed by atoms with Gasteiger partial charge in [-0.25, -0.2) is 8.78 Å². The molecule has 1 nitrogen and oxygen atoms in total. The Hall–Kier alpha value is -1.17. The second-order valence-electron chi connectivity index (χ2n) is 4.44. The molecule has 0 aliphatic carbocycles. The summed E-state index contributed by atoms with van der Waals surface area (Å²) >= 11 is 0. The normalized spacial score (nSPS) is 25.2. The van der Waals surface area contributed by atoms with Crippen LogP contribution >= 0.6 is 0 Å². The van der Waals surface area contributed by atoms with Gasteiger partial charge in [-0.05, 0) is 37.1 Å². The van der Waals surface area contributed by atoms with Gasteiger partial charge in [-0.1, -0.05) is 6.07 Å². The molecule has 0 spiro atoms. The fourth-order valence-electron chi connectivity index (χ4n) is 2.20. The van der Waals surface area contributed by atoms with Crippen molar-refractivity contribution in [3.05, 3.63) is 35.4 Å². The minimum Gasteiger partial charge on any atom is -0.310 e. The predicted molar refractivity (Wildman–Crippen MR) is 55.9 cm³/mol. The van der Waals surface area contributed by atoms with Crippen LogP contribution in [0, 0.1) is 17.6 Å². The van der Waals surface area contributed by atoms with E-state index >= 15 is 0 Å². The van der Waals surface area contributed by atoms with Gasteiger partial charge in [0.2, 0.25) is 0 Å². The zero-order valence-electron chi connectivity index (χ0n) is 9.40. The van der Waals surface area contributed by atoms with Gasteiger partial charge in [0, 0.05) is 6.04 Å². The maximum absolute atomic E-state index is 13.0. The van der Waals surface area contributed by atoms with Gasteiger partial charge in [0.05, 0.1) is 5.92 Å². The lowest BCUT2D eigenvalue weighted by Gasteiger charge is -2.31. The van der Waals surface area contributed by atoms with E-state index < -0.39 is 29.8 Å². The van der Waals surface area contributed by atoms with Crippen molar-refractivity contribution in [3.63, 3.8) is 0 Å². The van der Waals surface area contributed by atoms with E-state index in [-0.39, 0.29) is 19.4 Å². The third-order valence-corrected chi connectivity index (χ3v) is 3.21. The molecule has 0 aromatic heterocycles. The molecule has 2 atom stereocenters. The van der Waals surface area contributed by atoms with Gasteiger partial charge in [0.15, 0.2) is 11.6 Å². The Labute approximate surface area is 101 Å². The topological polar surface area (TPSA) is 12.0 Å². The molecule has 100 valence electrons. The van der Waals surface area contributed by atoms with Crippen LogP contribution < -0.4 is 5.32 Å². The highest BCUT2D eigenvalue weighted by Crippen LogP contribution is 2.38. The molecule has 1 N–H and O–H groups in total. The first-order valence-corrected chi connectivity index (χ1v) is 5.63. The molecule has 0 bridgehead atoms. The van der Waals surface area contributed by atoms with E-state index in [1.54, 1.807) is 0 Å². The molecule has 0 amide bonds. The molecule has 1 aromatic rings. The minimum atomic E-state index is -4.24. The number of piperidine rings is 1. The van der Waals surface area contributed by atoms with Crippen molar-refractivity contribution in [2.45, 2.75) is 25.1 Å². The smallest absolute Gasteiger partial charge is 0.310 e. The van der Waals surface area contributed by atoms with Crippen LogP contribution in [0.25, 0.3) is 0 Å². The molecule has 0 radical (unpaired) electrons. The van der Waals surface area contributed by atoms with E-state index in [0.717, 1.165) is 12.1 Å². The molecular weight excluding hydrogens is 253 g/mol. The van der Waals surface area contributed by atoms with E-state index in [1.165, 1.54) is 6.07 Å². The largest absolute Gasteiger partial charge is 0.391 e. The number of halogens is 5. The van der Waals surface area contributed by atoms with Gasteiger partial charge in [0.25, 0.3) is 0 Å². The molecule has 18 heavy (non-hydrogen) atoms. The van der Waals surface area contributed by atoms with Crippen LogP contribution in [0.1, 0.15) is 24.4 Å². The number of rotatable bonds is 1.